The number of carbonyl (C=O) groups excluding carboxylic acids is 2. The number of carboxylic acids is 1. The Morgan fingerprint density at radius 2 is 1.96 bits per heavy atom. The molecule has 0 aromatic rings. The summed E-state index contributed by atoms with van der Waals surface area (Å²) in [7, 11) is -3.72. The number of hydrogen-bond acceptors (Lipinski definition) is 6. The van der Waals surface area contributed by atoms with E-state index >= 15 is 0 Å². The molecule has 10 nitrogen and oxygen atoms in total. The van der Waals surface area contributed by atoms with Crippen LogP contribution >= 0.6 is 0 Å². The smallest absolute Gasteiger partial charge is 0.318 e. The third-order valence-electron chi connectivity index (χ3n) is 4.58. The Bertz CT molecular complexity index is 666. The summed E-state index contributed by atoms with van der Waals surface area (Å²) in [5, 5.41) is 8.89. The molecule has 26 heavy (non-hydrogen) atoms. The van der Waals surface area contributed by atoms with Gasteiger partial charge in [0.25, 0.3) is 0 Å². The van der Waals surface area contributed by atoms with Crippen molar-refractivity contribution in [3.05, 3.63) is 0 Å². The number of amides is 2. The molecule has 2 atom stereocenters. The van der Waals surface area contributed by atoms with Crippen LogP contribution in [0.2, 0.25) is 0 Å². The fourth-order valence-corrected chi connectivity index (χ4v) is 4.12. The number of sulfonamides is 1. The molecule has 0 aromatic heterocycles. The van der Waals surface area contributed by atoms with Gasteiger partial charge in [0, 0.05) is 33.1 Å². The number of nitrogens with zero attached hydrogens (tertiary/aromatic N) is 3. The molecular weight excluding hydrogens is 366 g/mol. The molecule has 2 heterocycles. The summed E-state index contributed by atoms with van der Waals surface area (Å²) < 4.78 is 29.9. The Morgan fingerprint density at radius 1 is 1.27 bits per heavy atom. The fraction of sp³-hybridized carbons (Fsp3) is 0.800. The molecule has 0 spiro atoms. The SMILES string of the molecule is CC(=O)N1CCC[C@@H]1C(=O)N1CCO[C@@H](CN(CC(=O)O)S(C)(=O)=O)C1. The minimum Gasteiger partial charge on any atom is -0.480 e. The standard InChI is InChI=1S/C15H25N3O7S/c1-11(19)18-5-3-4-13(18)15(22)16-6-7-25-12(8-16)9-17(10-14(20)21)26(2,23)24/h12-13H,3-10H2,1-2H3,(H,20,21)/t12-,13-/m1/s1. The van der Waals surface area contributed by atoms with E-state index in [1.165, 1.54) is 6.92 Å². The first-order valence-corrected chi connectivity index (χ1v) is 10.3. The molecule has 2 fully saturated rings. The van der Waals surface area contributed by atoms with Crippen LogP contribution in [0.15, 0.2) is 0 Å². The summed E-state index contributed by atoms with van der Waals surface area (Å²) >= 11 is 0. The topological polar surface area (TPSA) is 125 Å². The molecule has 0 radical (unpaired) electrons. The van der Waals surface area contributed by atoms with Crippen molar-refractivity contribution in [2.24, 2.45) is 0 Å². The highest BCUT2D eigenvalue weighted by atomic mass is 32.2. The first kappa shape index (κ1) is 20.6. The number of carboxylic acid groups (broad SMARTS) is 1. The molecule has 0 saturated carbocycles. The molecule has 2 aliphatic rings. The lowest BCUT2D eigenvalue weighted by Gasteiger charge is -2.37. The van der Waals surface area contributed by atoms with E-state index in [0.717, 1.165) is 17.0 Å². The maximum Gasteiger partial charge on any atom is 0.318 e. The zero-order valence-electron chi connectivity index (χ0n) is 15.0. The third-order valence-corrected chi connectivity index (χ3v) is 5.80. The highest BCUT2D eigenvalue weighted by molar-refractivity contribution is 7.88. The van der Waals surface area contributed by atoms with Gasteiger partial charge in [-0.15, -0.1) is 0 Å². The summed E-state index contributed by atoms with van der Waals surface area (Å²) in [6, 6.07) is -0.490. The summed E-state index contributed by atoms with van der Waals surface area (Å²) in [5.74, 6) is -1.58. The quantitative estimate of drug-likeness (QED) is 0.589. The van der Waals surface area contributed by atoms with E-state index in [1.54, 1.807) is 9.80 Å². The monoisotopic (exact) mass is 391 g/mol. The second-order valence-electron chi connectivity index (χ2n) is 6.60. The van der Waals surface area contributed by atoms with E-state index in [0.29, 0.717) is 19.5 Å². The third kappa shape index (κ3) is 5.15. The van der Waals surface area contributed by atoms with Gasteiger partial charge in [-0.3, -0.25) is 14.4 Å². The van der Waals surface area contributed by atoms with E-state index in [-0.39, 0.29) is 31.5 Å². The number of morpholine rings is 1. The van der Waals surface area contributed by atoms with Crippen molar-refractivity contribution in [1.82, 2.24) is 14.1 Å². The van der Waals surface area contributed by atoms with Gasteiger partial charge in [-0.05, 0) is 12.8 Å². The fourth-order valence-electron chi connectivity index (χ4n) is 3.34. The minimum atomic E-state index is -3.72. The molecule has 11 heteroatoms. The van der Waals surface area contributed by atoms with Gasteiger partial charge in [-0.2, -0.15) is 4.31 Å². The van der Waals surface area contributed by atoms with E-state index in [9.17, 15) is 22.8 Å². The highest BCUT2D eigenvalue weighted by Crippen LogP contribution is 2.21. The number of likely N-dealkylation sites (tertiary alicyclic amines) is 1. The maximum atomic E-state index is 12.8. The van der Waals surface area contributed by atoms with Gasteiger partial charge in [0.15, 0.2) is 0 Å². The van der Waals surface area contributed by atoms with E-state index < -0.39 is 34.7 Å². The van der Waals surface area contributed by atoms with Crippen molar-refractivity contribution in [1.29, 1.82) is 0 Å². The van der Waals surface area contributed by atoms with Crippen LogP contribution in [0.4, 0.5) is 0 Å². The largest absolute Gasteiger partial charge is 0.480 e. The Hall–Kier alpha value is -1.72. The number of rotatable bonds is 6. The predicted octanol–water partition coefficient (Wildman–Crippen LogP) is -1.43. The lowest BCUT2D eigenvalue weighted by molar-refractivity contribution is -0.148. The Balaban J connectivity index is 2.02. The van der Waals surface area contributed by atoms with Crippen LogP contribution in [-0.2, 0) is 29.1 Å². The minimum absolute atomic E-state index is 0.143. The van der Waals surface area contributed by atoms with E-state index in [1.807, 2.05) is 0 Å². The Labute approximate surface area is 152 Å². The van der Waals surface area contributed by atoms with Crippen LogP contribution in [0.25, 0.3) is 0 Å². The zero-order valence-corrected chi connectivity index (χ0v) is 15.8. The molecule has 0 bridgehead atoms. The number of ether oxygens (including phenoxy) is 1. The summed E-state index contributed by atoms with van der Waals surface area (Å²) in [6.45, 7) is 1.93. The first-order chi connectivity index (χ1) is 12.1. The average molecular weight is 391 g/mol. The van der Waals surface area contributed by atoms with Gasteiger partial charge >= 0.3 is 5.97 Å². The number of aliphatic carboxylic acids is 1. The number of carbonyl (C=O) groups is 3. The van der Waals surface area contributed by atoms with Crippen LogP contribution in [0.1, 0.15) is 19.8 Å². The second-order valence-corrected chi connectivity index (χ2v) is 8.58. The van der Waals surface area contributed by atoms with Crippen molar-refractivity contribution in [2.75, 3.05) is 45.6 Å². The second kappa shape index (κ2) is 8.31. The van der Waals surface area contributed by atoms with Gasteiger partial charge in [-0.25, -0.2) is 8.42 Å². The average Bonchev–Trinajstić information content (AvgIpc) is 3.02. The van der Waals surface area contributed by atoms with Crippen LogP contribution in [-0.4, -0.2) is 103 Å². The Kier molecular flexibility index (Phi) is 6.58. The lowest BCUT2D eigenvalue weighted by Crippen LogP contribution is -2.55. The maximum absolute atomic E-state index is 12.8. The molecule has 0 unspecified atom stereocenters. The van der Waals surface area contributed by atoms with E-state index in [2.05, 4.69) is 0 Å². The van der Waals surface area contributed by atoms with Crippen molar-refractivity contribution >= 4 is 27.8 Å². The zero-order chi connectivity index (χ0) is 19.5. The van der Waals surface area contributed by atoms with Gasteiger partial charge < -0.3 is 19.6 Å². The molecule has 2 amide bonds. The van der Waals surface area contributed by atoms with Crippen LogP contribution < -0.4 is 0 Å². The Morgan fingerprint density at radius 3 is 2.54 bits per heavy atom. The van der Waals surface area contributed by atoms with Crippen molar-refractivity contribution < 1.29 is 32.6 Å². The molecule has 2 aliphatic heterocycles. The summed E-state index contributed by atoms with van der Waals surface area (Å²) in [6.07, 6.45) is 1.69. The molecular formula is C15H25N3O7S. The lowest BCUT2D eigenvalue weighted by atomic mass is 10.1. The van der Waals surface area contributed by atoms with Crippen LogP contribution in [0.5, 0.6) is 0 Å². The summed E-state index contributed by atoms with van der Waals surface area (Å²) in [5.41, 5.74) is 0. The highest BCUT2D eigenvalue weighted by Gasteiger charge is 2.37. The molecule has 1 N–H and O–H groups in total. The molecule has 2 rings (SSSR count). The predicted molar refractivity (Wildman–Crippen MR) is 90.8 cm³/mol. The summed E-state index contributed by atoms with van der Waals surface area (Å²) in [4.78, 5) is 38.5. The number of hydrogen-bond donors (Lipinski definition) is 1. The van der Waals surface area contributed by atoms with Crippen LogP contribution in [0, 0.1) is 0 Å². The first-order valence-electron chi connectivity index (χ1n) is 8.44. The van der Waals surface area contributed by atoms with Crippen molar-refractivity contribution in [3.63, 3.8) is 0 Å². The van der Waals surface area contributed by atoms with Crippen molar-refractivity contribution in [3.8, 4) is 0 Å². The molecule has 0 aliphatic carbocycles. The molecule has 2 saturated heterocycles. The van der Waals surface area contributed by atoms with Crippen LogP contribution in [0.3, 0.4) is 0 Å². The van der Waals surface area contributed by atoms with E-state index in [4.69, 9.17) is 9.84 Å². The van der Waals surface area contributed by atoms with Gasteiger partial charge in [0.2, 0.25) is 21.8 Å². The van der Waals surface area contributed by atoms with Gasteiger partial charge in [0.1, 0.15) is 12.6 Å². The molecule has 148 valence electrons. The van der Waals surface area contributed by atoms with Crippen molar-refractivity contribution in [2.45, 2.75) is 31.9 Å². The molecule has 0 aromatic carbocycles. The normalized spacial score (nSPS) is 24.1. The van der Waals surface area contributed by atoms with Gasteiger partial charge in [-0.1, -0.05) is 0 Å². The van der Waals surface area contributed by atoms with Gasteiger partial charge in [0.05, 0.1) is 19.0 Å².